The van der Waals surface area contributed by atoms with Crippen molar-refractivity contribution in [1.82, 2.24) is 4.72 Å². The lowest BCUT2D eigenvalue weighted by molar-refractivity contribution is -0.137. The molecule has 2 aromatic carbocycles. The summed E-state index contributed by atoms with van der Waals surface area (Å²) in [6.45, 7) is 4.79. The molecule has 0 saturated heterocycles. The van der Waals surface area contributed by atoms with E-state index in [-0.39, 0.29) is 11.4 Å². The molecule has 0 aromatic heterocycles. The second-order valence-electron chi connectivity index (χ2n) is 7.19. The monoisotopic (exact) mass is 398 g/mol. The van der Waals surface area contributed by atoms with E-state index in [0.717, 1.165) is 42.9 Å². The Morgan fingerprint density at radius 3 is 2.30 bits per heavy atom. The number of hydrogen-bond acceptors (Lipinski definition) is 3. The van der Waals surface area contributed by atoms with E-state index >= 15 is 0 Å². The third-order valence-corrected chi connectivity index (χ3v) is 6.22. The number of nitrogens with one attached hydrogen (secondary N) is 1. The van der Waals surface area contributed by atoms with Crippen molar-refractivity contribution in [3.63, 3.8) is 0 Å². The first-order chi connectivity index (χ1) is 12.5. The van der Waals surface area contributed by atoms with Crippen LogP contribution in [0.3, 0.4) is 0 Å². The van der Waals surface area contributed by atoms with Gasteiger partial charge in [-0.25, -0.2) is 13.1 Å². The number of fused-ring (bicyclic) bond motifs is 1. The first kappa shape index (κ1) is 19.7. The lowest BCUT2D eigenvalue weighted by Crippen LogP contribution is -2.51. The second-order valence-corrected chi connectivity index (χ2v) is 8.96. The highest BCUT2D eigenvalue weighted by atomic mass is 32.2. The van der Waals surface area contributed by atoms with E-state index in [9.17, 15) is 21.6 Å². The second kappa shape index (κ2) is 6.83. The van der Waals surface area contributed by atoms with Crippen LogP contribution in [0.4, 0.5) is 18.9 Å². The average molecular weight is 398 g/mol. The number of halogens is 3. The van der Waals surface area contributed by atoms with Gasteiger partial charge in [0.25, 0.3) is 0 Å². The lowest BCUT2D eigenvalue weighted by atomic mass is 10.0. The average Bonchev–Trinajstić information content (AvgIpc) is 3.05. The topological polar surface area (TPSA) is 49.4 Å². The van der Waals surface area contributed by atoms with E-state index in [1.54, 1.807) is 0 Å². The van der Waals surface area contributed by atoms with Crippen molar-refractivity contribution in [2.24, 2.45) is 0 Å². The Kier molecular flexibility index (Phi) is 4.98. The van der Waals surface area contributed by atoms with Crippen LogP contribution < -0.4 is 9.62 Å². The lowest BCUT2D eigenvalue weighted by Gasteiger charge is -2.38. The molecule has 0 amide bonds. The molecule has 146 valence electrons. The van der Waals surface area contributed by atoms with Gasteiger partial charge in [0.05, 0.1) is 10.5 Å². The van der Waals surface area contributed by atoms with Gasteiger partial charge in [-0.05, 0) is 56.2 Å². The number of anilines is 1. The van der Waals surface area contributed by atoms with E-state index in [0.29, 0.717) is 0 Å². The van der Waals surface area contributed by atoms with Crippen LogP contribution in [-0.2, 0) is 22.6 Å². The van der Waals surface area contributed by atoms with Crippen LogP contribution in [0.25, 0.3) is 0 Å². The fourth-order valence-electron chi connectivity index (χ4n) is 3.24. The SMILES string of the molecule is CC(C)(CNS(=O)(=O)c1ccc(C(F)(F)F)cc1)N1CCc2ccccc21. The van der Waals surface area contributed by atoms with Gasteiger partial charge in [-0.2, -0.15) is 13.2 Å². The number of benzene rings is 2. The highest BCUT2D eigenvalue weighted by molar-refractivity contribution is 7.89. The summed E-state index contributed by atoms with van der Waals surface area (Å²) in [5.74, 6) is 0. The highest BCUT2D eigenvalue weighted by Crippen LogP contribution is 2.33. The number of nitrogens with zero attached hydrogens (tertiary/aromatic N) is 1. The minimum absolute atomic E-state index is 0.130. The maximum Gasteiger partial charge on any atom is 0.416 e. The Labute approximate surface area is 157 Å². The Balaban J connectivity index is 1.73. The van der Waals surface area contributed by atoms with Crippen LogP contribution in [0.2, 0.25) is 0 Å². The standard InChI is InChI=1S/C19H21F3N2O2S/c1-18(2,24-12-11-14-5-3-4-6-17(14)24)13-23-27(25,26)16-9-7-15(8-10-16)19(20,21)22/h3-10,23H,11-13H2,1-2H3. The zero-order valence-corrected chi connectivity index (χ0v) is 15.9. The first-order valence-corrected chi connectivity index (χ1v) is 10.0. The van der Waals surface area contributed by atoms with Gasteiger partial charge >= 0.3 is 6.18 Å². The van der Waals surface area contributed by atoms with Gasteiger partial charge in [0, 0.05) is 24.3 Å². The van der Waals surface area contributed by atoms with Gasteiger partial charge < -0.3 is 4.90 Å². The van der Waals surface area contributed by atoms with Gasteiger partial charge in [-0.3, -0.25) is 0 Å². The predicted octanol–water partition coefficient (Wildman–Crippen LogP) is 3.83. The Bertz CT molecular complexity index is 923. The van der Waals surface area contributed by atoms with Gasteiger partial charge in [-0.15, -0.1) is 0 Å². The fraction of sp³-hybridized carbons (Fsp3) is 0.368. The minimum atomic E-state index is -4.50. The van der Waals surface area contributed by atoms with Crippen LogP contribution in [0.15, 0.2) is 53.4 Å². The van der Waals surface area contributed by atoms with Crippen molar-refractivity contribution in [2.45, 2.75) is 36.9 Å². The van der Waals surface area contributed by atoms with Crippen molar-refractivity contribution in [3.8, 4) is 0 Å². The van der Waals surface area contributed by atoms with Crippen LogP contribution >= 0.6 is 0 Å². The van der Waals surface area contributed by atoms with Crippen LogP contribution in [-0.4, -0.2) is 27.0 Å². The smallest absolute Gasteiger partial charge is 0.365 e. The Morgan fingerprint density at radius 2 is 1.67 bits per heavy atom. The molecular formula is C19H21F3N2O2S. The number of sulfonamides is 1. The predicted molar refractivity (Wildman–Crippen MR) is 98.2 cm³/mol. The highest BCUT2D eigenvalue weighted by Gasteiger charge is 2.34. The summed E-state index contributed by atoms with van der Waals surface area (Å²) in [6.07, 6.45) is -3.61. The molecule has 1 aliphatic rings. The number of rotatable bonds is 5. The quantitative estimate of drug-likeness (QED) is 0.833. The largest absolute Gasteiger partial charge is 0.416 e. The third kappa shape index (κ3) is 4.11. The molecule has 1 N–H and O–H groups in total. The molecule has 0 unspecified atom stereocenters. The van der Waals surface area contributed by atoms with E-state index < -0.39 is 27.3 Å². The van der Waals surface area contributed by atoms with Crippen molar-refractivity contribution in [2.75, 3.05) is 18.0 Å². The summed E-state index contributed by atoms with van der Waals surface area (Å²) in [7, 11) is -3.91. The van der Waals surface area contributed by atoms with Crippen molar-refractivity contribution >= 4 is 15.7 Å². The van der Waals surface area contributed by atoms with Crippen molar-refractivity contribution < 1.29 is 21.6 Å². The molecule has 8 heteroatoms. The molecule has 0 fully saturated rings. The molecule has 1 aliphatic heterocycles. The summed E-state index contributed by atoms with van der Waals surface area (Å²) in [6, 6.07) is 11.5. The molecule has 0 saturated carbocycles. The minimum Gasteiger partial charge on any atom is -0.365 e. The molecule has 0 spiro atoms. The van der Waals surface area contributed by atoms with Gasteiger partial charge in [0.2, 0.25) is 10.0 Å². The van der Waals surface area contributed by atoms with E-state index in [2.05, 4.69) is 15.7 Å². The molecular weight excluding hydrogens is 377 g/mol. The Morgan fingerprint density at radius 1 is 1.04 bits per heavy atom. The van der Waals surface area contributed by atoms with Crippen molar-refractivity contribution in [1.29, 1.82) is 0 Å². The van der Waals surface area contributed by atoms with Crippen LogP contribution in [0, 0.1) is 0 Å². The molecule has 4 nitrogen and oxygen atoms in total. The van der Waals surface area contributed by atoms with E-state index in [4.69, 9.17) is 0 Å². The number of para-hydroxylation sites is 1. The third-order valence-electron chi connectivity index (χ3n) is 4.80. The van der Waals surface area contributed by atoms with Gasteiger partial charge in [0.1, 0.15) is 0 Å². The molecule has 0 aliphatic carbocycles. The molecule has 2 aromatic rings. The summed E-state index contributed by atoms with van der Waals surface area (Å²) in [4.78, 5) is 1.96. The summed E-state index contributed by atoms with van der Waals surface area (Å²) >= 11 is 0. The fourth-order valence-corrected chi connectivity index (χ4v) is 4.44. The maximum atomic E-state index is 12.6. The molecule has 3 rings (SSSR count). The van der Waals surface area contributed by atoms with Gasteiger partial charge in [0.15, 0.2) is 0 Å². The van der Waals surface area contributed by atoms with Crippen LogP contribution in [0.1, 0.15) is 25.0 Å². The van der Waals surface area contributed by atoms with Crippen molar-refractivity contribution in [3.05, 3.63) is 59.7 Å². The normalized spacial score (nSPS) is 15.1. The Hall–Kier alpha value is -2.06. The van der Waals surface area contributed by atoms with E-state index in [1.165, 1.54) is 5.56 Å². The number of alkyl halides is 3. The first-order valence-electron chi connectivity index (χ1n) is 8.53. The maximum absolute atomic E-state index is 12.6. The molecule has 0 radical (unpaired) electrons. The molecule has 1 heterocycles. The molecule has 0 bridgehead atoms. The van der Waals surface area contributed by atoms with E-state index in [1.807, 2.05) is 32.0 Å². The zero-order chi connectivity index (χ0) is 19.9. The summed E-state index contributed by atoms with van der Waals surface area (Å²) in [5.41, 5.74) is 0.925. The summed E-state index contributed by atoms with van der Waals surface area (Å²) < 4.78 is 65.4. The summed E-state index contributed by atoms with van der Waals surface area (Å²) in [5, 5.41) is 0. The van der Waals surface area contributed by atoms with Gasteiger partial charge in [-0.1, -0.05) is 18.2 Å². The number of hydrogen-bond donors (Lipinski definition) is 1. The molecule has 27 heavy (non-hydrogen) atoms. The van der Waals surface area contributed by atoms with Crippen LogP contribution in [0.5, 0.6) is 0 Å². The molecule has 0 atom stereocenters. The zero-order valence-electron chi connectivity index (χ0n) is 15.0.